The molecule has 2 aromatic rings. The second-order valence-electron chi connectivity index (χ2n) is 4.45. The van der Waals surface area contributed by atoms with Crippen molar-refractivity contribution in [3.05, 3.63) is 48.0 Å². The summed E-state index contributed by atoms with van der Waals surface area (Å²) in [7, 11) is 0. The molecule has 94 valence electrons. The van der Waals surface area contributed by atoms with Crippen molar-refractivity contribution in [2.45, 2.75) is 26.8 Å². The third kappa shape index (κ3) is 3.37. The molecule has 0 atom stereocenters. The molecule has 2 aromatic heterocycles. The summed E-state index contributed by atoms with van der Waals surface area (Å²) in [4.78, 5) is 8.61. The van der Waals surface area contributed by atoms with Crippen LogP contribution in [0.2, 0.25) is 0 Å². The molecule has 0 aromatic carbocycles. The highest BCUT2D eigenvalue weighted by atomic mass is 14.8. The van der Waals surface area contributed by atoms with Gasteiger partial charge in [-0.25, -0.2) is 0 Å². The summed E-state index contributed by atoms with van der Waals surface area (Å²) in [5.74, 6) is 0. The highest BCUT2D eigenvalue weighted by Crippen LogP contribution is 2.18. The van der Waals surface area contributed by atoms with Crippen LogP contribution in [0, 0.1) is 6.92 Å². The Labute approximate surface area is 108 Å². The molecule has 0 amide bonds. The topological polar surface area (TPSA) is 37.8 Å². The molecule has 0 fully saturated rings. The molecular weight excluding hydrogens is 222 g/mol. The summed E-state index contributed by atoms with van der Waals surface area (Å²) in [5, 5.41) is 3.38. The van der Waals surface area contributed by atoms with E-state index in [1.54, 1.807) is 0 Å². The summed E-state index contributed by atoms with van der Waals surface area (Å²) >= 11 is 0. The fourth-order valence-electron chi connectivity index (χ4n) is 1.79. The second kappa shape index (κ2) is 6.26. The molecule has 0 saturated heterocycles. The van der Waals surface area contributed by atoms with Gasteiger partial charge in [0.05, 0.1) is 0 Å². The van der Waals surface area contributed by atoms with Crippen LogP contribution in [0.3, 0.4) is 0 Å². The molecule has 0 spiro atoms. The van der Waals surface area contributed by atoms with Crippen molar-refractivity contribution in [2.75, 3.05) is 6.54 Å². The van der Waals surface area contributed by atoms with Crippen molar-refractivity contribution in [3.8, 4) is 11.1 Å². The van der Waals surface area contributed by atoms with Gasteiger partial charge in [-0.2, -0.15) is 0 Å². The lowest BCUT2D eigenvalue weighted by Gasteiger charge is -2.06. The average Bonchev–Trinajstić information content (AvgIpc) is 2.40. The number of nitrogens with zero attached hydrogens (tertiary/aromatic N) is 2. The quantitative estimate of drug-likeness (QED) is 0.818. The van der Waals surface area contributed by atoms with Crippen molar-refractivity contribution < 1.29 is 0 Å². The Morgan fingerprint density at radius 2 is 2.00 bits per heavy atom. The van der Waals surface area contributed by atoms with E-state index in [4.69, 9.17) is 0 Å². The van der Waals surface area contributed by atoms with E-state index in [2.05, 4.69) is 34.3 Å². The maximum absolute atomic E-state index is 4.32. The van der Waals surface area contributed by atoms with Crippen LogP contribution in [-0.4, -0.2) is 16.5 Å². The highest BCUT2D eigenvalue weighted by Gasteiger charge is 2.00. The maximum Gasteiger partial charge on any atom is 0.0373 e. The van der Waals surface area contributed by atoms with Crippen molar-refractivity contribution in [2.24, 2.45) is 0 Å². The lowest BCUT2D eigenvalue weighted by Crippen LogP contribution is -2.13. The summed E-state index contributed by atoms with van der Waals surface area (Å²) in [6, 6.07) is 6.28. The van der Waals surface area contributed by atoms with Crippen molar-refractivity contribution in [1.82, 2.24) is 15.3 Å². The van der Waals surface area contributed by atoms with Gasteiger partial charge < -0.3 is 5.32 Å². The molecule has 3 heteroatoms. The standard InChI is InChI=1S/C15H19N3/c1-3-6-16-8-13-7-15(10-17-9-13)14-5-4-12(2)18-11-14/h4-5,7,9-11,16H,3,6,8H2,1-2H3. The Balaban J connectivity index is 2.13. The maximum atomic E-state index is 4.32. The van der Waals surface area contributed by atoms with Gasteiger partial charge in [0.25, 0.3) is 0 Å². The number of aromatic nitrogens is 2. The number of hydrogen-bond donors (Lipinski definition) is 1. The molecule has 0 aliphatic heterocycles. The summed E-state index contributed by atoms with van der Waals surface area (Å²) in [5.41, 5.74) is 4.48. The Hall–Kier alpha value is -1.74. The zero-order valence-electron chi connectivity index (χ0n) is 11.0. The van der Waals surface area contributed by atoms with Gasteiger partial charge in [-0.3, -0.25) is 9.97 Å². The van der Waals surface area contributed by atoms with Gasteiger partial charge in [0.1, 0.15) is 0 Å². The molecule has 0 aliphatic carbocycles. The lowest BCUT2D eigenvalue weighted by atomic mass is 10.1. The van der Waals surface area contributed by atoms with E-state index >= 15 is 0 Å². The largest absolute Gasteiger partial charge is 0.313 e. The smallest absolute Gasteiger partial charge is 0.0373 e. The first-order chi connectivity index (χ1) is 8.79. The first-order valence-corrected chi connectivity index (χ1v) is 6.37. The van der Waals surface area contributed by atoms with E-state index in [1.807, 2.05) is 31.6 Å². The van der Waals surface area contributed by atoms with Crippen LogP contribution in [-0.2, 0) is 6.54 Å². The summed E-state index contributed by atoms with van der Waals surface area (Å²) < 4.78 is 0. The Kier molecular flexibility index (Phi) is 4.42. The summed E-state index contributed by atoms with van der Waals surface area (Å²) in [6.45, 7) is 6.07. The predicted octanol–water partition coefficient (Wildman–Crippen LogP) is 2.95. The van der Waals surface area contributed by atoms with Gasteiger partial charge in [-0.05, 0) is 37.6 Å². The lowest BCUT2D eigenvalue weighted by molar-refractivity contribution is 0.674. The van der Waals surface area contributed by atoms with Crippen molar-refractivity contribution in [1.29, 1.82) is 0 Å². The average molecular weight is 241 g/mol. The fourth-order valence-corrected chi connectivity index (χ4v) is 1.79. The molecule has 2 heterocycles. The number of hydrogen-bond acceptors (Lipinski definition) is 3. The molecule has 0 radical (unpaired) electrons. The van der Waals surface area contributed by atoms with Crippen molar-refractivity contribution >= 4 is 0 Å². The van der Waals surface area contributed by atoms with Crippen LogP contribution in [0.25, 0.3) is 11.1 Å². The van der Waals surface area contributed by atoms with Crippen LogP contribution >= 0.6 is 0 Å². The highest BCUT2D eigenvalue weighted by molar-refractivity contribution is 5.61. The normalized spacial score (nSPS) is 10.6. The second-order valence-corrected chi connectivity index (χ2v) is 4.45. The van der Waals surface area contributed by atoms with Crippen LogP contribution in [0.15, 0.2) is 36.8 Å². The van der Waals surface area contributed by atoms with E-state index in [-0.39, 0.29) is 0 Å². The van der Waals surface area contributed by atoms with E-state index < -0.39 is 0 Å². The number of aryl methyl sites for hydroxylation is 1. The van der Waals surface area contributed by atoms with Gasteiger partial charge in [-0.15, -0.1) is 0 Å². The first-order valence-electron chi connectivity index (χ1n) is 6.37. The van der Waals surface area contributed by atoms with Crippen LogP contribution < -0.4 is 5.32 Å². The zero-order chi connectivity index (χ0) is 12.8. The molecule has 0 unspecified atom stereocenters. The Bertz CT molecular complexity index is 491. The first kappa shape index (κ1) is 12.7. The Morgan fingerprint density at radius 3 is 2.72 bits per heavy atom. The summed E-state index contributed by atoms with van der Waals surface area (Å²) in [6.07, 6.45) is 6.84. The van der Waals surface area contributed by atoms with E-state index in [0.29, 0.717) is 0 Å². The molecule has 3 nitrogen and oxygen atoms in total. The molecular formula is C15H19N3. The van der Waals surface area contributed by atoms with E-state index in [0.717, 1.165) is 36.3 Å². The van der Waals surface area contributed by atoms with Gasteiger partial charge in [0, 0.05) is 42.0 Å². The molecule has 0 aliphatic rings. The van der Waals surface area contributed by atoms with E-state index in [9.17, 15) is 0 Å². The predicted molar refractivity (Wildman–Crippen MR) is 74.2 cm³/mol. The number of pyridine rings is 2. The molecule has 0 saturated carbocycles. The minimum atomic E-state index is 0.869. The van der Waals surface area contributed by atoms with Gasteiger partial charge in [0.15, 0.2) is 0 Å². The molecule has 1 N–H and O–H groups in total. The third-order valence-corrected chi connectivity index (χ3v) is 2.80. The van der Waals surface area contributed by atoms with Gasteiger partial charge >= 0.3 is 0 Å². The zero-order valence-corrected chi connectivity index (χ0v) is 11.0. The number of rotatable bonds is 5. The van der Waals surface area contributed by atoms with Gasteiger partial charge in [-0.1, -0.05) is 13.0 Å². The van der Waals surface area contributed by atoms with Crippen LogP contribution in [0.4, 0.5) is 0 Å². The van der Waals surface area contributed by atoms with Gasteiger partial charge in [0.2, 0.25) is 0 Å². The molecule has 0 bridgehead atoms. The molecule has 2 rings (SSSR count). The SMILES string of the molecule is CCCNCc1cncc(-c2ccc(C)nc2)c1. The van der Waals surface area contributed by atoms with Crippen LogP contribution in [0.5, 0.6) is 0 Å². The fraction of sp³-hybridized carbons (Fsp3) is 0.333. The molecule has 18 heavy (non-hydrogen) atoms. The van der Waals surface area contributed by atoms with Crippen molar-refractivity contribution in [3.63, 3.8) is 0 Å². The third-order valence-electron chi connectivity index (χ3n) is 2.80. The van der Waals surface area contributed by atoms with Crippen LogP contribution in [0.1, 0.15) is 24.6 Å². The van der Waals surface area contributed by atoms with E-state index in [1.165, 1.54) is 5.56 Å². The number of nitrogens with one attached hydrogen (secondary N) is 1. The monoisotopic (exact) mass is 241 g/mol. The minimum Gasteiger partial charge on any atom is -0.313 e. The minimum absolute atomic E-state index is 0.869. The Morgan fingerprint density at radius 1 is 1.11 bits per heavy atom.